The molecule has 0 atom stereocenters. The fourth-order valence-electron chi connectivity index (χ4n) is 1.40. The molecule has 0 aliphatic carbocycles. The molecular formula is C9H10N4O2. The number of carboxylic acids is 1. The van der Waals surface area contributed by atoms with Crippen molar-refractivity contribution < 1.29 is 9.90 Å². The minimum atomic E-state index is -0.904. The number of nitrogens with one attached hydrogen (secondary N) is 1. The van der Waals surface area contributed by atoms with Crippen molar-refractivity contribution in [3.8, 4) is 0 Å². The maximum absolute atomic E-state index is 10.4. The van der Waals surface area contributed by atoms with Crippen molar-refractivity contribution in [1.29, 1.82) is 0 Å². The van der Waals surface area contributed by atoms with Gasteiger partial charge in [-0.15, -0.1) is 0 Å². The topological polar surface area (TPSA) is 79.5 Å². The Bertz CT molecular complexity index is 506. The van der Waals surface area contributed by atoms with Gasteiger partial charge < -0.3 is 10.4 Å². The quantitative estimate of drug-likeness (QED) is 0.765. The highest BCUT2D eigenvalue weighted by Crippen LogP contribution is 2.15. The summed E-state index contributed by atoms with van der Waals surface area (Å²) in [5.41, 5.74) is 1.45. The summed E-state index contributed by atoms with van der Waals surface area (Å²) in [7, 11) is 0. The van der Waals surface area contributed by atoms with Crippen LogP contribution in [0.1, 0.15) is 5.69 Å². The van der Waals surface area contributed by atoms with Crippen molar-refractivity contribution in [3.05, 3.63) is 24.3 Å². The second kappa shape index (κ2) is 3.56. The zero-order valence-corrected chi connectivity index (χ0v) is 8.14. The Balaban J connectivity index is 2.40. The Hall–Kier alpha value is -2.11. The summed E-state index contributed by atoms with van der Waals surface area (Å²) >= 11 is 0. The molecule has 2 aromatic rings. The van der Waals surface area contributed by atoms with E-state index in [0.717, 1.165) is 5.69 Å². The van der Waals surface area contributed by atoms with Crippen molar-refractivity contribution in [3.63, 3.8) is 0 Å². The Morgan fingerprint density at radius 1 is 1.67 bits per heavy atom. The molecule has 0 spiro atoms. The number of carbonyl (C=O) groups is 1. The van der Waals surface area contributed by atoms with Crippen LogP contribution < -0.4 is 5.32 Å². The van der Waals surface area contributed by atoms with Crippen LogP contribution >= 0.6 is 0 Å². The lowest BCUT2D eigenvalue weighted by Gasteiger charge is -2.03. The fourth-order valence-corrected chi connectivity index (χ4v) is 1.40. The highest BCUT2D eigenvalue weighted by Gasteiger charge is 2.08. The molecule has 0 saturated heterocycles. The number of hydrogen-bond acceptors (Lipinski definition) is 4. The number of nitrogens with zero attached hydrogens (tertiary/aromatic N) is 3. The van der Waals surface area contributed by atoms with Crippen LogP contribution in [0.2, 0.25) is 0 Å². The highest BCUT2D eigenvalue weighted by molar-refractivity contribution is 5.73. The molecule has 0 radical (unpaired) electrons. The van der Waals surface area contributed by atoms with Crippen LogP contribution in [-0.4, -0.2) is 32.0 Å². The van der Waals surface area contributed by atoms with E-state index in [9.17, 15) is 4.79 Å². The lowest BCUT2D eigenvalue weighted by Crippen LogP contribution is -2.14. The average Bonchev–Trinajstić information content (AvgIpc) is 2.50. The van der Waals surface area contributed by atoms with Crippen molar-refractivity contribution in [2.45, 2.75) is 6.92 Å². The van der Waals surface area contributed by atoms with E-state index in [1.165, 1.54) is 0 Å². The Morgan fingerprint density at radius 2 is 2.47 bits per heavy atom. The predicted octanol–water partition coefficient (Wildman–Crippen LogP) is 0.534. The first-order valence-corrected chi connectivity index (χ1v) is 4.43. The predicted molar refractivity (Wildman–Crippen MR) is 53.8 cm³/mol. The molecule has 0 aliphatic heterocycles. The third-order valence-electron chi connectivity index (χ3n) is 2.01. The van der Waals surface area contributed by atoms with Gasteiger partial charge in [0.25, 0.3) is 0 Å². The number of anilines is 1. The second-order valence-electron chi connectivity index (χ2n) is 3.10. The van der Waals surface area contributed by atoms with Gasteiger partial charge in [-0.25, -0.2) is 4.98 Å². The first kappa shape index (κ1) is 9.45. The van der Waals surface area contributed by atoms with Gasteiger partial charge in [-0.2, -0.15) is 0 Å². The minimum Gasteiger partial charge on any atom is -0.480 e. The number of aliphatic carboxylic acids is 1. The zero-order chi connectivity index (χ0) is 10.8. The summed E-state index contributed by atoms with van der Waals surface area (Å²) in [4.78, 5) is 18.6. The van der Waals surface area contributed by atoms with Crippen LogP contribution in [0.3, 0.4) is 0 Å². The summed E-state index contributed by atoms with van der Waals surface area (Å²) in [5, 5.41) is 11.4. The van der Waals surface area contributed by atoms with Crippen LogP contribution in [0, 0.1) is 6.92 Å². The monoisotopic (exact) mass is 206 g/mol. The number of imidazole rings is 1. The van der Waals surface area contributed by atoms with Gasteiger partial charge in [-0.05, 0) is 6.92 Å². The normalized spacial score (nSPS) is 10.5. The molecule has 6 heteroatoms. The van der Waals surface area contributed by atoms with Gasteiger partial charge in [-0.1, -0.05) is 0 Å². The molecule has 2 heterocycles. The molecule has 0 fully saturated rings. The first-order valence-electron chi connectivity index (χ1n) is 4.43. The maximum atomic E-state index is 10.4. The van der Waals surface area contributed by atoms with Gasteiger partial charge in [-0.3, -0.25) is 14.2 Å². The molecule has 2 aromatic heterocycles. The summed E-state index contributed by atoms with van der Waals surface area (Å²) in [5.74, 6) is -0.215. The summed E-state index contributed by atoms with van der Waals surface area (Å²) < 4.78 is 1.77. The summed E-state index contributed by atoms with van der Waals surface area (Å²) in [6.45, 7) is 1.69. The Labute approximate surface area is 85.6 Å². The molecule has 0 unspecified atom stereocenters. The lowest BCUT2D eigenvalue weighted by molar-refractivity contribution is -0.134. The van der Waals surface area contributed by atoms with Crippen molar-refractivity contribution in [1.82, 2.24) is 14.4 Å². The number of carboxylic acid groups (broad SMARTS) is 1. The summed E-state index contributed by atoms with van der Waals surface area (Å²) in [6.07, 6.45) is 4.98. The van der Waals surface area contributed by atoms with Crippen molar-refractivity contribution in [2.75, 3.05) is 11.9 Å². The van der Waals surface area contributed by atoms with E-state index in [4.69, 9.17) is 5.11 Å². The van der Waals surface area contributed by atoms with E-state index in [2.05, 4.69) is 15.3 Å². The molecule has 0 bridgehead atoms. The largest absolute Gasteiger partial charge is 0.480 e. The molecule has 78 valence electrons. The molecular weight excluding hydrogens is 196 g/mol. The molecule has 2 N–H and O–H groups in total. The molecule has 15 heavy (non-hydrogen) atoms. The standard InChI is InChI=1S/C9H10N4O2/c1-6-9(11-5-8(14)15)13-3-2-10-4-7(13)12-6/h2-4,11H,5H2,1H3,(H,14,15). The minimum absolute atomic E-state index is 0.128. The smallest absolute Gasteiger partial charge is 0.322 e. The molecule has 0 amide bonds. The van der Waals surface area contributed by atoms with Gasteiger partial charge in [0.15, 0.2) is 5.65 Å². The van der Waals surface area contributed by atoms with Crippen molar-refractivity contribution in [2.24, 2.45) is 0 Å². The van der Waals surface area contributed by atoms with E-state index >= 15 is 0 Å². The number of aromatic nitrogens is 3. The van der Waals surface area contributed by atoms with Crippen LogP contribution in [0.25, 0.3) is 5.65 Å². The maximum Gasteiger partial charge on any atom is 0.322 e. The third kappa shape index (κ3) is 1.74. The van der Waals surface area contributed by atoms with Crippen LogP contribution in [0.5, 0.6) is 0 Å². The van der Waals surface area contributed by atoms with Gasteiger partial charge >= 0.3 is 5.97 Å². The lowest BCUT2D eigenvalue weighted by atomic mass is 10.4. The number of aryl methyl sites for hydroxylation is 1. The van der Waals surface area contributed by atoms with Crippen LogP contribution in [0.4, 0.5) is 5.82 Å². The van der Waals surface area contributed by atoms with E-state index in [-0.39, 0.29) is 6.54 Å². The fraction of sp³-hybridized carbons (Fsp3) is 0.222. The van der Waals surface area contributed by atoms with E-state index in [1.807, 2.05) is 6.92 Å². The SMILES string of the molecule is Cc1nc2cnccn2c1NCC(=O)O. The molecule has 6 nitrogen and oxygen atoms in total. The zero-order valence-electron chi connectivity index (χ0n) is 8.14. The number of hydrogen-bond donors (Lipinski definition) is 2. The number of fused-ring (bicyclic) bond motifs is 1. The van der Waals surface area contributed by atoms with E-state index < -0.39 is 5.97 Å². The van der Waals surface area contributed by atoms with Gasteiger partial charge in [0, 0.05) is 12.4 Å². The molecule has 0 aliphatic rings. The van der Waals surface area contributed by atoms with Gasteiger partial charge in [0.2, 0.25) is 0 Å². The first-order chi connectivity index (χ1) is 7.18. The van der Waals surface area contributed by atoms with E-state index in [0.29, 0.717) is 11.5 Å². The van der Waals surface area contributed by atoms with Crippen LogP contribution in [0.15, 0.2) is 18.6 Å². The average molecular weight is 206 g/mol. The van der Waals surface area contributed by atoms with E-state index in [1.54, 1.807) is 23.0 Å². The summed E-state index contributed by atoms with van der Waals surface area (Å²) in [6, 6.07) is 0. The molecule has 0 saturated carbocycles. The molecule has 2 rings (SSSR count). The molecule has 0 aromatic carbocycles. The highest BCUT2D eigenvalue weighted by atomic mass is 16.4. The van der Waals surface area contributed by atoms with Gasteiger partial charge in [0.1, 0.15) is 12.4 Å². The third-order valence-corrected chi connectivity index (χ3v) is 2.01. The van der Waals surface area contributed by atoms with Crippen molar-refractivity contribution >= 4 is 17.4 Å². The second-order valence-corrected chi connectivity index (χ2v) is 3.10. The Kier molecular flexibility index (Phi) is 2.24. The van der Waals surface area contributed by atoms with Crippen LogP contribution in [-0.2, 0) is 4.79 Å². The number of rotatable bonds is 3. The Morgan fingerprint density at radius 3 is 3.20 bits per heavy atom. The van der Waals surface area contributed by atoms with Gasteiger partial charge in [0.05, 0.1) is 11.9 Å².